The van der Waals surface area contributed by atoms with Gasteiger partial charge in [0, 0.05) is 18.0 Å². The van der Waals surface area contributed by atoms with Crippen LogP contribution in [0, 0.1) is 16.0 Å². The molecule has 9 nitrogen and oxygen atoms in total. The SMILES string of the molecule is CCOc1cc(C(=O)Nc2nc(CN3CCC(C)CC3)cs2)c([N+](=O)[O-])cc1OC. The van der Waals surface area contributed by atoms with Crippen LogP contribution in [0.15, 0.2) is 17.5 Å². The second kappa shape index (κ2) is 9.86. The molecular formula is C20H26N4O5S. The molecule has 1 N–H and O–H groups in total. The average Bonchev–Trinajstić information content (AvgIpc) is 3.16. The first-order chi connectivity index (χ1) is 14.4. The third-order valence-electron chi connectivity index (χ3n) is 5.06. The van der Waals surface area contributed by atoms with Gasteiger partial charge in [-0.3, -0.25) is 25.1 Å². The van der Waals surface area contributed by atoms with Crippen LogP contribution in [0.1, 0.15) is 42.7 Å². The fourth-order valence-electron chi connectivity index (χ4n) is 3.36. The Morgan fingerprint density at radius 2 is 2.10 bits per heavy atom. The predicted molar refractivity (Wildman–Crippen MR) is 115 cm³/mol. The lowest BCUT2D eigenvalue weighted by molar-refractivity contribution is -0.385. The zero-order valence-electron chi connectivity index (χ0n) is 17.3. The Bertz CT molecular complexity index is 909. The van der Waals surface area contributed by atoms with E-state index in [0.29, 0.717) is 11.7 Å². The molecule has 3 rings (SSSR count). The molecule has 1 aliphatic heterocycles. The molecule has 10 heteroatoms. The lowest BCUT2D eigenvalue weighted by Crippen LogP contribution is -2.32. The second-order valence-corrected chi connectivity index (χ2v) is 8.13. The van der Waals surface area contributed by atoms with Gasteiger partial charge in [-0.25, -0.2) is 4.98 Å². The molecule has 1 amide bonds. The number of ether oxygens (including phenoxy) is 2. The Kier molecular flexibility index (Phi) is 7.22. The number of likely N-dealkylation sites (tertiary alicyclic amines) is 1. The van der Waals surface area contributed by atoms with Crippen molar-refractivity contribution in [3.63, 3.8) is 0 Å². The van der Waals surface area contributed by atoms with E-state index in [2.05, 4.69) is 22.1 Å². The van der Waals surface area contributed by atoms with E-state index in [4.69, 9.17) is 9.47 Å². The van der Waals surface area contributed by atoms with Crippen LogP contribution in [0.4, 0.5) is 10.8 Å². The Morgan fingerprint density at radius 3 is 2.73 bits per heavy atom. The fourth-order valence-corrected chi connectivity index (χ4v) is 4.06. The number of carbonyl (C=O) groups excluding carboxylic acids is 1. The number of benzene rings is 1. The molecule has 1 aliphatic rings. The van der Waals surface area contributed by atoms with Crippen molar-refractivity contribution in [2.75, 3.05) is 32.1 Å². The molecule has 0 saturated carbocycles. The maximum absolute atomic E-state index is 12.8. The Morgan fingerprint density at radius 1 is 1.37 bits per heavy atom. The van der Waals surface area contributed by atoms with Crippen molar-refractivity contribution in [3.05, 3.63) is 38.9 Å². The van der Waals surface area contributed by atoms with Crippen LogP contribution in [-0.4, -0.2) is 47.5 Å². The summed E-state index contributed by atoms with van der Waals surface area (Å²) in [6.07, 6.45) is 2.36. The molecule has 1 saturated heterocycles. The maximum Gasteiger partial charge on any atom is 0.286 e. The van der Waals surface area contributed by atoms with E-state index in [1.807, 2.05) is 5.38 Å². The molecule has 1 aromatic carbocycles. The van der Waals surface area contributed by atoms with E-state index in [0.717, 1.165) is 31.2 Å². The highest BCUT2D eigenvalue weighted by Crippen LogP contribution is 2.35. The van der Waals surface area contributed by atoms with Crippen molar-refractivity contribution < 1.29 is 19.2 Å². The topological polar surface area (TPSA) is 107 Å². The van der Waals surface area contributed by atoms with E-state index in [9.17, 15) is 14.9 Å². The van der Waals surface area contributed by atoms with Gasteiger partial charge in [-0.05, 0) is 38.8 Å². The van der Waals surface area contributed by atoms with Crippen molar-refractivity contribution in [3.8, 4) is 11.5 Å². The number of hydrogen-bond donors (Lipinski definition) is 1. The number of thiazole rings is 1. The average molecular weight is 435 g/mol. The molecule has 0 aliphatic carbocycles. The molecule has 0 spiro atoms. The Balaban J connectivity index is 1.74. The van der Waals surface area contributed by atoms with Gasteiger partial charge in [0.1, 0.15) is 5.56 Å². The smallest absolute Gasteiger partial charge is 0.286 e. The van der Waals surface area contributed by atoms with Crippen molar-refractivity contribution in [2.24, 2.45) is 5.92 Å². The molecule has 2 aromatic rings. The number of methoxy groups -OCH3 is 1. The van der Waals surface area contributed by atoms with Crippen LogP contribution in [-0.2, 0) is 6.54 Å². The first kappa shape index (κ1) is 22.0. The zero-order chi connectivity index (χ0) is 21.7. The molecule has 0 bridgehead atoms. The van der Waals surface area contributed by atoms with Crippen LogP contribution in [0.3, 0.4) is 0 Å². The van der Waals surface area contributed by atoms with E-state index in [1.165, 1.54) is 43.4 Å². The van der Waals surface area contributed by atoms with Crippen LogP contribution in [0.25, 0.3) is 0 Å². The number of nitrogens with one attached hydrogen (secondary N) is 1. The largest absolute Gasteiger partial charge is 0.493 e. The summed E-state index contributed by atoms with van der Waals surface area (Å²) in [5.41, 5.74) is 0.419. The van der Waals surface area contributed by atoms with Crippen LogP contribution in [0.5, 0.6) is 11.5 Å². The van der Waals surface area contributed by atoms with Gasteiger partial charge in [-0.1, -0.05) is 6.92 Å². The number of hydrogen-bond acceptors (Lipinski definition) is 8. The summed E-state index contributed by atoms with van der Waals surface area (Å²) in [5, 5.41) is 16.5. The Labute approximate surface area is 179 Å². The number of rotatable bonds is 8. The monoisotopic (exact) mass is 434 g/mol. The van der Waals surface area contributed by atoms with Gasteiger partial charge in [-0.15, -0.1) is 11.3 Å². The van der Waals surface area contributed by atoms with Gasteiger partial charge in [-0.2, -0.15) is 0 Å². The van der Waals surface area contributed by atoms with E-state index >= 15 is 0 Å². The first-order valence-corrected chi connectivity index (χ1v) is 10.8. The number of carbonyl (C=O) groups is 1. The summed E-state index contributed by atoms with van der Waals surface area (Å²) in [5.74, 6) is 0.619. The molecule has 2 heterocycles. The van der Waals surface area contributed by atoms with E-state index in [1.54, 1.807) is 6.92 Å². The quantitative estimate of drug-likeness (QED) is 0.495. The Hall–Kier alpha value is -2.72. The maximum atomic E-state index is 12.8. The van der Waals surface area contributed by atoms with Crippen LogP contribution in [0.2, 0.25) is 0 Å². The molecule has 0 atom stereocenters. The van der Waals surface area contributed by atoms with Gasteiger partial charge >= 0.3 is 0 Å². The second-order valence-electron chi connectivity index (χ2n) is 7.27. The third kappa shape index (κ3) is 5.25. The fraction of sp³-hybridized carbons (Fsp3) is 0.500. The summed E-state index contributed by atoms with van der Waals surface area (Å²) >= 11 is 1.30. The summed E-state index contributed by atoms with van der Waals surface area (Å²) in [6.45, 7) is 7.19. The van der Waals surface area contributed by atoms with Crippen molar-refractivity contribution >= 4 is 28.1 Å². The number of anilines is 1. The molecule has 30 heavy (non-hydrogen) atoms. The molecule has 0 radical (unpaired) electrons. The third-order valence-corrected chi connectivity index (χ3v) is 5.86. The summed E-state index contributed by atoms with van der Waals surface area (Å²) in [7, 11) is 1.39. The number of nitrogens with zero attached hydrogens (tertiary/aromatic N) is 3. The summed E-state index contributed by atoms with van der Waals surface area (Å²) in [6, 6.07) is 2.53. The molecule has 1 aromatic heterocycles. The lowest BCUT2D eigenvalue weighted by Gasteiger charge is -2.29. The molecule has 162 valence electrons. The molecule has 0 unspecified atom stereocenters. The minimum absolute atomic E-state index is 0.106. The minimum Gasteiger partial charge on any atom is -0.493 e. The highest BCUT2D eigenvalue weighted by Gasteiger charge is 2.25. The van der Waals surface area contributed by atoms with Crippen LogP contribution < -0.4 is 14.8 Å². The summed E-state index contributed by atoms with van der Waals surface area (Å²) < 4.78 is 10.6. The normalized spacial score (nSPS) is 15.0. The molecule has 1 fully saturated rings. The zero-order valence-corrected chi connectivity index (χ0v) is 18.2. The minimum atomic E-state index is -0.613. The van der Waals surface area contributed by atoms with Crippen molar-refractivity contribution in [2.45, 2.75) is 33.2 Å². The van der Waals surface area contributed by atoms with Gasteiger partial charge < -0.3 is 9.47 Å². The van der Waals surface area contributed by atoms with Gasteiger partial charge in [0.15, 0.2) is 16.6 Å². The number of piperidine rings is 1. The van der Waals surface area contributed by atoms with Crippen molar-refractivity contribution in [1.29, 1.82) is 0 Å². The van der Waals surface area contributed by atoms with Gasteiger partial charge in [0.05, 0.1) is 30.4 Å². The number of nitro benzene ring substituents is 1. The van der Waals surface area contributed by atoms with Gasteiger partial charge in [0.2, 0.25) is 0 Å². The predicted octanol–water partition coefficient (Wildman–Crippen LogP) is 3.94. The van der Waals surface area contributed by atoms with E-state index in [-0.39, 0.29) is 22.7 Å². The highest BCUT2D eigenvalue weighted by atomic mass is 32.1. The summed E-state index contributed by atoms with van der Waals surface area (Å²) in [4.78, 5) is 30.5. The molecular weight excluding hydrogens is 408 g/mol. The van der Waals surface area contributed by atoms with Crippen molar-refractivity contribution in [1.82, 2.24) is 9.88 Å². The number of amides is 1. The highest BCUT2D eigenvalue weighted by molar-refractivity contribution is 7.14. The first-order valence-electron chi connectivity index (χ1n) is 9.88. The number of nitro groups is 1. The van der Waals surface area contributed by atoms with Gasteiger partial charge in [0.25, 0.3) is 11.6 Å². The van der Waals surface area contributed by atoms with E-state index < -0.39 is 10.8 Å². The van der Waals surface area contributed by atoms with Crippen LogP contribution >= 0.6 is 11.3 Å². The standard InChI is InChI=1S/C20H26N4O5S/c1-4-29-18-9-15(16(24(26)27)10-17(18)28-3)19(25)22-20-21-14(12-30-20)11-23-7-5-13(2)6-8-23/h9-10,12-13H,4-8,11H2,1-3H3,(H,21,22,25). The lowest BCUT2D eigenvalue weighted by atomic mass is 9.99. The number of aromatic nitrogens is 1.